The number of rotatable bonds is 9. The van der Waals surface area contributed by atoms with E-state index in [2.05, 4.69) is 15.3 Å². The van der Waals surface area contributed by atoms with Crippen LogP contribution in [-0.4, -0.2) is 36.8 Å². The number of hydrogen-bond donors (Lipinski definition) is 2. The zero-order valence-corrected chi connectivity index (χ0v) is 12.0. The first kappa shape index (κ1) is 15.5. The number of nitrogens with two attached hydrogens (primary N) is 1. The van der Waals surface area contributed by atoms with Gasteiger partial charge in [-0.3, -0.25) is 0 Å². The summed E-state index contributed by atoms with van der Waals surface area (Å²) in [6.07, 6.45) is 2.56. The van der Waals surface area contributed by atoms with Crippen LogP contribution in [0, 0.1) is 0 Å². The molecule has 1 heterocycles. The van der Waals surface area contributed by atoms with Gasteiger partial charge in [0.25, 0.3) is 0 Å². The average molecular weight is 268 g/mol. The van der Waals surface area contributed by atoms with Crippen LogP contribution in [0.2, 0.25) is 0 Å². The van der Waals surface area contributed by atoms with Crippen molar-refractivity contribution in [3.05, 3.63) is 5.82 Å². The van der Waals surface area contributed by atoms with Crippen molar-refractivity contribution >= 4 is 11.5 Å². The molecule has 0 aromatic carbocycles. The molecule has 1 aromatic heterocycles. The third-order valence-electron chi connectivity index (χ3n) is 2.53. The molecule has 0 radical (unpaired) electrons. The molecule has 0 amide bonds. The van der Waals surface area contributed by atoms with Gasteiger partial charge in [0.05, 0.1) is 6.61 Å². The molecule has 108 valence electrons. The summed E-state index contributed by atoms with van der Waals surface area (Å²) < 4.78 is 10.6. The number of ether oxygens (including phenoxy) is 2. The highest BCUT2D eigenvalue weighted by Crippen LogP contribution is 2.26. The third kappa shape index (κ3) is 4.90. The SMILES string of the molecule is CCCOc1nc(CC)nc(NCCCOC)c1N. The fourth-order valence-corrected chi connectivity index (χ4v) is 1.52. The maximum atomic E-state index is 6.02. The van der Waals surface area contributed by atoms with Crippen LogP contribution < -0.4 is 15.8 Å². The van der Waals surface area contributed by atoms with Gasteiger partial charge in [0.15, 0.2) is 5.82 Å². The predicted molar refractivity (Wildman–Crippen MR) is 76.6 cm³/mol. The number of aromatic nitrogens is 2. The second kappa shape index (κ2) is 8.53. The lowest BCUT2D eigenvalue weighted by Crippen LogP contribution is -2.12. The zero-order valence-electron chi connectivity index (χ0n) is 12.0. The second-order valence-corrected chi connectivity index (χ2v) is 4.18. The molecule has 6 nitrogen and oxygen atoms in total. The summed E-state index contributed by atoms with van der Waals surface area (Å²) in [5.41, 5.74) is 6.49. The first-order valence-corrected chi connectivity index (χ1v) is 6.74. The first-order valence-electron chi connectivity index (χ1n) is 6.74. The summed E-state index contributed by atoms with van der Waals surface area (Å²) in [7, 11) is 1.69. The molecule has 0 bridgehead atoms. The minimum absolute atomic E-state index is 0.475. The molecule has 19 heavy (non-hydrogen) atoms. The summed E-state index contributed by atoms with van der Waals surface area (Å²) >= 11 is 0. The van der Waals surface area contributed by atoms with Crippen LogP contribution in [0.25, 0.3) is 0 Å². The Morgan fingerprint density at radius 2 is 2.00 bits per heavy atom. The van der Waals surface area contributed by atoms with E-state index in [-0.39, 0.29) is 0 Å². The van der Waals surface area contributed by atoms with E-state index in [4.69, 9.17) is 15.2 Å². The molecule has 0 atom stereocenters. The van der Waals surface area contributed by atoms with E-state index in [0.717, 1.165) is 31.6 Å². The van der Waals surface area contributed by atoms with Gasteiger partial charge >= 0.3 is 0 Å². The maximum Gasteiger partial charge on any atom is 0.242 e. The highest BCUT2D eigenvalue weighted by molar-refractivity contribution is 5.66. The highest BCUT2D eigenvalue weighted by atomic mass is 16.5. The Hall–Kier alpha value is -1.56. The monoisotopic (exact) mass is 268 g/mol. The molecule has 0 aliphatic heterocycles. The summed E-state index contributed by atoms with van der Waals surface area (Å²) in [6.45, 7) is 6.11. The van der Waals surface area contributed by atoms with E-state index in [0.29, 0.717) is 30.6 Å². The van der Waals surface area contributed by atoms with Crippen LogP contribution in [0.15, 0.2) is 0 Å². The molecular formula is C13H24N4O2. The second-order valence-electron chi connectivity index (χ2n) is 4.18. The van der Waals surface area contributed by atoms with Gasteiger partial charge in [-0.2, -0.15) is 4.98 Å². The number of methoxy groups -OCH3 is 1. The Morgan fingerprint density at radius 3 is 2.63 bits per heavy atom. The lowest BCUT2D eigenvalue weighted by molar-refractivity contribution is 0.197. The van der Waals surface area contributed by atoms with Gasteiger partial charge in [0.2, 0.25) is 5.88 Å². The molecule has 1 rings (SSSR count). The van der Waals surface area contributed by atoms with Crippen LogP contribution in [0.4, 0.5) is 11.5 Å². The van der Waals surface area contributed by atoms with Crippen molar-refractivity contribution in [1.82, 2.24) is 9.97 Å². The molecular weight excluding hydrogens is 244 g/mol. The van der Waals surface area contributed by atoms with E-state index in [9.17, 15) is 0 Å². The lowest BCUT2D eigenvalue weighted by atomic mass is 10.3. The molecule has 0 saturated carbocycles. The number of nitrogen functional groups attached to an aromatic ring is 1. The van der Waals surface area contributed by atoms with Crippen molar-refractivity contribution < 1.29 is 9.47 Å². The zero-order chi connectivity index (χ0) is 14.1. The van der Waals surface area contributed by atoms with Gasteiger partial charge < -0.3 is 20.5 Å². The van der Waals surface area contributed by atoms with Crippen molar-refractivity contribution in [2.75, 3.05) is 37.9 Å². The van der Waals surface area contributed by atoms with Crippen molar-refractivity contribution in [3.63, 3.8) is 0 Å². The van der Waals surface area contributed by atoms with Crippen LogP contribution in [0.5, 0.6) is 5.88 Å². The average Bonchev–Trinajstić information content (AvgIpc) is 2.43. The van der Waals surface area contributed by atoms with Crippen molar-refractivity contribution in [1.29, 1.82) is 0 Å². The number of anilines is 2. The van der Waals surface area contributed by atoms with Crippen molar-refractivity contribution in [2.24, 2.45) is 0 Å². The highest BCUT2D eigenvalue weighted by Gasteiger charge is 2.11. The molecule has 1 aromatic rings. The standard InChI is InChI=1S/C13H24N4O2/c1-4-8-19-13-11(14)12(15-7-6-9-18-3)16-10(5-2)17-13/h4-9,14H2,1-3H3,(H,15,16,17). The van der Waals surface area contributed by atoms with E-state index in [1.165, 1.54) is 0 Å². The largest absolute Gasteiger partial charge is 0.476 e. The molecule has 0 aliphatic carbocycles. The summed E-state index contributed by atoms with van der Waals surface area (Å²) in [4.78, 5) is 8.70. The van der Waals surface area contributed by atoms with Crippen LogP contribution in [-0.2, 0) is 11.2 Å². The number of nitrogens with one attached hydrogen (secondary N) is 1. The minimum Gasteiger partial charge on any atom is -0.476 e. The molecule has 0 fully saturated rings. The minimum atomic E-state index is 0.475. The van der Waals surface area contributed by atoms with Gasteiger partial charge in [-0.05, 0) is 12.8 Å². The van der Waals surface area contributed by atoms with E-state index in [1.54, 1.807) is 7.11 Å². The van der Waals surface area contributed by atoms with Gasteiger partial charge in [0, 0.05) is 26.7 Å². The Kier molecular flexibility index (Phi) is 6.95. The predicted octanol–water partition coefficient (Wildman–Crippen LogP) is 1.86. The molecule has 0 spiro atoms. The first-order chi connectivity index (χ1) is 9.22. The fourth-order valence-electron chi connectivity index (χ4n) is 1.52. The topological polar surface area (TPSA) is 82.3 Å². The number of aryl methyl sites for hydroxylation is 1. The normalized spacial score (nSPS) is 10.5. The lowest BCUT2D eigenvalue weighted by Gasteiger charge is -2.13. The van der Waals surface area contributed by atoms with Gasteiger partial charge in [-0.15, -0.1) is 0 Å². The summed E-state index contributed by atoms with van der Waals surface area (Å²) in [5.74, 6) is 1.85. The third-order valence-corrected chi connectivity index (χ3v) is 2.53. The van der Waals surface area contributed by atoms with Crippen LogP contribution >= 0.6 is 0 Å². The molecule has 3 N–H and O–H groups in total. The summed E-state index contributed by atoms with van der Waals surface area (Å²) in [6, 6.07) is 0. The van der Waals surface area contributed by atoms with E-state index < -0.39 is 0 Å². The molecule has 6 heteroatoms. The van der Waals surface area contributed by atoms with E-state index in [1.807, 2.05) is 13.8 Å². The Balaban J connectivity index is 2.76. The van der Waals surface area contributed by atoms with Gasteiger partial charge in [-0.1, -0.05) is 13.8 Å². The molecule has 0 saturated heterocycles. The van der Waals surface area contributed by atoms with E-state index >= 15 is 0 Å². The van der Waals surface area contributed by atoms with Crippen LogP contribution in [0.1, 0.15) is 32.5 Å². The summed E-state index contributed by atoms with van der Waals surface area (Å²) in [5, 5.41) is 3.20. The molecule has 0 unspecified atom stereocenters. The smallest absolute Gasteiger partial charge is 0.242 e. The fraction of sp³-hybridized carbons (Fsp3) is 0.692. The van der Waals surface area contributed by atoms with Crippen LogP contribution in [0.3, 0.4) is 0 Å². The van der Waals surface area contributed by atoms with Gasteiger partial charge in [0.1, 0.15) is 11.5 Å². The van der Waals surface area contributed by atoms with Gasteiger partial charge in [-0.25, -0.2) is 4.98 Å². The Labute approximate surface area is 114 Å². The number of nitrogens with zero attached hydrogens (tertiary/aromatic N) is 2. The Bertz CT molecular complexity index is 385. The molecule has 0 aliphatic rings. The quantitative estimate of drug-likeness (QED) is 0.665. The number of hydrogen-bond acceptors (Lipinski definition) is 6. The Morgan fingerprint density at radius 1 is 1.21 bits per heavy atom. The van der Waals surface area contributed by atoms with Crippen molar-refractivity contribution in [3.8, 4) is 5.88 Å². The van der Waals surface area contributed by atoms with Crippen molar-refractivity contribution in [2.45, 2.75) is 33.1 Å². The maximum absolute atomic E-state index is 6.02.